The van der Waals surface area contributed by atoms with Crippen LogP contribution in [0.15, 0.2) is 23.6 Å². The molecule has 1 atom stereocenters. The second-order valence-corrected chi connectivity index (χ2v) is 6.59. The van der Waals surface area contributed by atoms with Crippen LogP contribution in [0.4, 0.5) is 4.79 Å². The third-order valence-electron chi connectivity index (χ3n) is 3.84. The fourth-order valence-corrected chi connectivity index (χ4v) is 3.83. The van der Waals surface area contributed by atoms with Gasteiger partial charge in [-0.25, -0.2) is 4.79 Å². The van der Waals surface area contributed by atoms with Crippen LogP contribution in [-0.4, -0.2) is 47.6 Å². The van der Waals surface area contributed by atoms with Crippen molar-refractivity contribution in [2.45, 2.75) is 12.5 Å². The van der Waals surface area contributed by atoms with Gasteiger partial charge in [0.1, 0.15) is 6.04 Å². The molecule has 2 heterocycles. The molecule has 0 aliphatic carbocycles. The lowest BCUT2D eigenvalue weighted by atomic mass is 10.0. The lowest BCUT2D eigenvalue weighted by Crippen LogP contribution is -2.56. The van der Waals surface area contributed by atoms with Gasteiger partial charge in [-0.15, -0.1) is 11.3 Å². The first-order valence-corrected chi connectivity index (χ1v) is 8.20. The Hall–Kier alpha value is -1.63. The molecule has 1 aliphatic rings. The Morgan fingerprint density at radius 1 is 1.45 bits per heavy atom. The Morgan fingerprint density at radius 3 is 3.05 bits per heavy atom. The van der Waals surface area contributed by atoms with Gasteiger partial charge in [0.2, 0.25) is 0 Å². The number of amides is 1. The average molecular weight is 339 g/mol. The highest BCUT2D eigenvalue weighted by molar-refractivity contribution is 7.17. The van der Waals surface area contributed by atoms with Crippen LogP contribution in [0.5, 0.6) is 0 Å². The molecule has 2 N–H and O–H groups in total. The number of nitrogens with one attached hydrogen (secondary N) is 1. The van der Waals surface area contributed by atoms with E-state index in [1.54, 1.807) is 11.3 Å². The van der Waals surface area contributed by atoms with Crippen LogP contribution in [0.25, 0.3) is 10.1 Å². The van der Waals surface area contributed by atoms with Crippen LogP contribution in [0, 0.1) is 0 Å². The van der Waals surface area contributed by atoms with Gasteiger partial charge in [-0.1, -0.05) is 11.6 Å². The Bertz CT molecular complexity index is 731. The lowest BCUT2D eigenvalue weighted by Gasteiger charge is -2.32. The van der Waals surface area contributed by atoms with Crippen molar-refractivity contribution in [3.63, 3.8) is 0 Å². The number of fused-ring (bicyclic) bond motifs is 1. The number of carboxylic acid groups (broad SMARTS) is 1. The second kappa shape index (κ2) is 6.24. The van der Waals surface area contributed by atoms with E-state index in [4.69, 9.17) is 11.6 Å². The minimum absolute atomic E-state index is 0.0886. The number of hydrogen-bond acceptors (Lipinski definition) is 4. The van der Waals surface area contributed by atoms with Crippen molar-refractivity contribution < 1.29 is 14.7 Å². The van der Waals surface area contributed by atoms with Gasteiger partial charge in [-0.05, 0) is 34.5 Å². The average Bonchev–Trinajstić information content (AvgIpc) is 2.89. The van der Waals surface area contributed by atoms with E-state index in [0.717, 1.165) is 15.6 Å². The molecule has 7 heteroatoms. The molecule has 2 aromatic rings. The van der Waals surface area contributed by atoms with E-state index in [1.807, 2.05) is 23.6 Å². The number of halogens is 1. The number of thiophene rings is 1. The summed E-state index contributed by atoms with van der Waals surface area (Å²) >= 11 is 7.58. The van der Waals surface area contributed by atoms with Gasteiger partial charge in [-0.3, -0.25) is 9.69 Å². The van der Waals surface area contributed by atoms with Gasteiger partial charge in [-0.2, -0.15) is 0 Å². The number of hydrogen-bond donors (Lipinski definition) is 2. The van der Waals surface area contributed by atoms with Gasteiger partial charge < -0.3 is 10.4 Å². The first-order valence-electron chi connectivity index (χ1n) is 6.95. The molecule has 0 saturated carbocycles. The number of carbonyl (C=O) groups excluding carboxylic acids is 1. The Balaban J connectivity index is 1.83. The maximum absolute atomic E-state index is 12.5. The van der Waals surface area contributed by atoms with Gasteiger partial charge in [0.25, 0.3) is 0 Å². The summed E-state index contributed by atoms with van der Waals surface area (Å²) in [6.45, 7) is 1.28. The van der Waals surface area contributed by atoms with Crippen molar-refractivity contribution >= 4 is 44.9 Å². The minimum Gasteiger partial charge on any atom is -0.465 e. The smallest absolute Gasteiger partial charge is 0.408 e. The minimum atomic E-state index is -1.04. The zero-order valence-corrected chi connectivity index (χ0v) is 13.3. The van der Waals surface area contributed by atoms with Crippen molar-refractivity contribution in [1.29, 1.82) is 0 Å². The lowest BCUT2D eigenvalue weighted by molar-refractivity contribution is -0.123. The third-order valence-corrected chi connectivity index (χ3v) is 5.09. The van der Waals surface area contributed by atoms with Crippen molar-refractivity contribution in [3.8, 4) is 0 Å². The Kier molecular flexibility index (Phi) is 4.33. The van der Waals surface area contributed by atoms with E-state index in [0.29, 0.717) is 24.7 Å². The molecule has 22 heavy (non-hydrogen) atoms. The summed E-state index contributed by atoms with van der Waals surface area (Å²) in [7, 11) is 0. The van der Waals surface area contributed by atoms with Gasteiger partial charge in [0.15, 0.2) is 5.78 Å². The number of piperazine rings is 1. The molecular formula is C15H15ClN2O3S. The number of carbonyl (C=O) groups is 2. The molecule has 0 radical (unpaired) electrons. The zero-order valence-electron chi connectivity index (χ0n) is 11.7. The van der Waals surface area contributed by atoms with Crippen molar-refractivity contribution in [2.75, 3.05) is 19.6 Å². The molecule has 1 fully saturated rings. The summed E-state index contributed by atoms with van der Waals surface area (Å²) in [5.74, 6) is -0.0886. The maximum atomic E-state index is 12.5. The SMILES string of the molecule is O=C(Cc1csc2ccc(Cl)cc12)C1CNCCN1C(=O)O. The topological polar surface area (TPSA) is 69.6 Å². The van der Waals surface area contributed by atoms with E-state index in [-0.39, 0.29) is 12.2 Å². The van der Waals surface area contributed by atoms with E-state index >= 15 is 0 Å². The van der Waals surface area contributed by atoms with E-state index in [2.05, 4.69) is 5.32 Å². The van der Waals surface area contributed by atoms with E-state index < -0.39 is 12.1 Å². The van der Waals surface area contributed by atoms with Crippen LogP contribution in [0.3, 0.4) is 0 Å². The molecular weight excluding hydrogens is 324 g/mol. The highest BCUT2D eigenvalue weighted by atomic mass is 35.5. The Morgan fingerprint density at radius 2 is 2.27 bits per heavy atom. The van der Waals surface area contributed by atoms with Gasteiger partial charge in [0.05, 0.1) is 0 Å². The van der Waals surface area contributed by atoms with Crippen molar-refractivity contribution in [3.05, 3.63) is 34.2 Å². The van der Waals surface area contributed by atoms with Crippen LogP contribution < -0.4 is 5.32 Å². The predicted molar refractivity (Wildman–Crippen MR) is 86.9 cm³/mol. The normalized spacial score (nSPS) is 18.6. The van der Waals surface area contributed by atoms with Crippen molar-refractivity contribution in [1.82, 2.24) is 10.2 Å². The molecule has 1 saturated heterocycles. The summed E-state index contributed by atoms with van der Waals surface area (Å²) in [6, 6.07) is 4.98. The van der Waals surface area contributed by atoms with E-state index in [9.17, 15) is 14.7 Å². The number of nitrogens with zero attached hydrogens (tertiary/aromatic N) is 1. The summed E-state index contributed by atoms with van der Waals surface area (Å²) in [5, 5.41) is 15.8. The van der Waals surface area contributed by atoms with Gasteiger partial charge >= 0.3 is 6.09 Å². The fraction of sp³-hybridized carbons (Fsp3) is 0.333. The fourth-order valence-electron chi connectivity index (χ4n) is 2.72. The third kappa shape index (κ3) is 2.95. The number of Topliss-reactive ketones (excluding diaryl/α,β-unsaturated/α-hetero) is 1. The van der Waals surface area contributed by atoms with Crippen LogP contribution in [-0.2, 0) is 11.2 Å². The monoisotopic (exact) mass is 338 g/mol. The molecule has 1 aromatic carbocycles. The number of rotatable bonds is 3. The number of ketones is 1. The standard InChI is InChI=1S/C15H15ClN2O3S/c16-10-1-2-14-11(6-10)9(8-22-14)5-13(19)12-7-17-3-4-18(12)15(20)21/h1-2,6,8,12,17H,3-5,7H2,(H,20,21). The molecule has 1 aliphatic heterocycles. The molecule has 1 amide bonds. The molecule has 1 unspecified atom stereocenters. The first-order chi connectivity index (χ1) is 10.6. The zero-order chi connectivity index (χ0) is 15.7. The molecule has 0 bridgehead atoms. The van der Waals surface area contributed by atoms with Crippen LogP contribution >= 0.6 is 22.9 Å². The Labute approximate surface area is 136 Å². The van der Waals surface area contributed by atoms with Crippen molar-refractivity contribution in [2.24, 2.45) is 0 Å². The predicted octanol–water partition coefficient (Wildman–Crippen LogP) is 2.62. The first kappa shape index (κ1) is 15.3. The highest BCUT2D eigenvalue weighted by Crippen LogP contribution is 2.29. The molecule has 0 spiro atoms. The second-order valence-electron chi connectivity index (χ2n) is 5.24. The van der Waals surface area contributed by atoms with Gasteiger partial charge in [0, 0.05) is 35.8 Å². The number of benzene rings is 1. The summed E-state index contributed by atoms with van der Waals surface area (Å²) in [6.07, 6.45) is -0.825. The molecule has 116 valence electrons. The quantitative estimate of drug-likeness (QED) is 0.902. The maximum Gasteiger partial charge on any atom is 0.408 e. The van der Waals surface area contributed by atoms with Crippen LogP contribution in [0.2, 0.25) is 5.02 Å². The largest absolute Gasteiger partial charge is 0.465 e. The van der Waals surface area contributed by atoms with Crippen LogP contribution in [0.1, 0.15) is 5.56 Å². The summed E-state index contributed by atoms with van der Waals surface area (Å²) in [4.78, 5) is 25.0. The molecule has 5 nitrogen and oxygen atoms in total. The highest BCUT2D eigenvalue weighted by Gasteiger charge is 2.31. The molecule has 1 aromatic heterocycles. The summed E-state index contributed by atoms with van der Waals surface area (Å²) in [5.41, 5.74) is 0.906. The molecule has 3 rings (SSSR count). The van der Waals surface area contributed by atoms with E-state index in [1.165, 1.54) is 4.90 Å². The summed E-state index contributed by atoms with van der Waals surface area (Å²) < 4.78 is 1.07.